The van der Waals surface area contributed by atoms with E-state index in [1.54, 1.807) is 0 Å². The van der Waals surface area contributed by atoms with Crippen LogP contribution in [0.4, 0.5) is 0 Å². The number of hydrogen-bond acceptors (Lipinski definition) is 3. The third kappa shape index (κ3) is 2.74. The molecule has 134 valence electrons. The standard InChI is InChI=1S/C22H26N4/c1-15(2)16-6-8-17(9-7-16)22-20(26-10-4-3-5-21(26)24-22)14-25-12-18-11-19(13-25)23-18/h3-10,15,18-19,23H,11-14H2,1-2H3. The van der Waals surface area contributed by atoms with E-state index in [1.165, 1.54) is 23.2 Å². The monoisotopic (exact) mass is 346 g/mol. The number of rotatable bonds is 4. The van der Waals surface area contributed by atoms with Gasteiger partial charge in [-0.25, -0.2) is 4.98 Å². The molecule has 2 unspecified atom stereocenters. The molecule has 3 aliphatic heterocycles. The summed E-state index contributed by atoms with van der Waals surface area (Å²) in [5.41, 5.74) is 6.05. The second-order valence-electron chi connectivity index (χ2n) is 8.10. The summed E-state index contributed by atoms with van der Waals surface area (Å²) in [6.45, 7) is 7.72. The number of piperidine rings is 1. The predicted octanol–water partition coefficient (Wildman–Crippen LogP) is 3.67. The van der Waals surface area contributed by atoms with Crippen LogP contribution in [0.3, 0.4) is 0 Å². The molecule has 2 bridgehead atoms. The topological polar surface area (TPSA) is 32.6 Å². The number of aromatic nitrogens is 2. The van der Waals surface area contributed by atoms with Gasteiger partial charge in [0.2, 0.25) is 0 Å². The van der Waals surface area contributed by atoms with Crippen molar-refractivity contribution in [3.05, 3.63) is 59.9 Å². The van der Waals surface area contributed by atoms with Crippen molar-refractivity contribution in [2.24, 2.45) is 0 Å². The van der Waals surface area contributed by atoms with Crippen LogP contribution in [-0.2, 0) is 6.54 Å². The zero-order valence-electron chi connectivity index (χ0n) is 15.5. The quantitative estimate of drug-likeness (QED) is 0.782. The van der Waals surface area contributed by atoms with Gasteiger partial charge in [-0.2, -0.15) is 0 Å². The van der Waals surface area contributed by atoms with E-state index in [0.717, 1.165) is 31.0 Å². The van der Waals surface area contributed by atoms with E-state index >= 15 is 0 Å². The number of piperazine rings is 1. The molecular formula is C22H26N4. The van der Waals surface area contributed by atoms with Crippen LogP contribution in [-0.4, -0.2) is 39.5 Å². The molecule has 3 aliphatic rings. The third-order valence-electron chi connectivity index (χ3n) is 5.85. The van der Waals surface area contributed by atoms with Crippen molar-refractivity contribution in [2.75, 3.05) is 13.1 Å². The van der Waals surface area contributed by atoms with E-state index in [9.17, 15) is 0 Å². The number of fused-ring (bicyclic) bond motifs is 3. The van der Waals surface area contributed by atoms with Crippen LogP contribution in [0, 0.1) is 0 Å². The number of benzene rings is 1. The molecule has 26 heavy (non-hydrogen) atoms. The lowest BCUT2D eigenvalue weighted by Crippen LogP contribution is -2.66. The molecule has 3 saturated heterocycles. The maximum absolute atomic E-state index is 4.97. The highest BCUT2D eigenvalue weighted by Gasteiger charge is 2.36. The minimum Gasteiger partial charge on any atom is -0.309 e. The number of imidazole rings is 1. The number of nitrogens with one attached hydrogen (secondary N) is 1. The van der Waals surface area contributed by atoms with Crippen LogP contribution >= 0.6 is 0 Å². The zero-order valence-corrected chi connectivity index (χ0v) is 15.5. The summed E-state index contributed by atoms with van der Waals surface area (Å²) in [6, 6.07) is 16.6. The molecule has 0 amide bonds. The minimum absolute atomic E-state index is 0.553. The van der Waals surface area contributed by atoms with Gasteiger partial charge < -0.3 is 9.72 Å². The van der Waals surface area contributed by atoms with Crippen LogP contribution in [0.2, 0.25) is 0 Å². The summed E-state index contributed by atoms with van der Waals surface area (Å²) in [5, 5.41) is 3.62. The summed E-state index contributed by atoms with van der Waals surface area (Å²) in [4.78, 5) is 7.55. The smallest absolute Gasteiger partial charge is 0.137 e. The number of nitrogens with zero attached hydrogens (tertiary/aromatic N) is 3. The molecule has 3 fully saturated rings. The first-order chi connectivity index (χ1) is 12.7. The summed E-state index contributed by atoms with van der Waals surface area (Å²) >= 11 is 0. The van der Waals surface area contributed by atoms with Crippen LogP contribution < -0.4 is 5.32 Å². The van der Waals surface area contributed by atoms with Crippen LogP contribution in [0.25, 0.3) is 16.9 Å². The van der Waals surface area contributed by atoms with Crippen molar-refractivity contribution in [2.45, 2.75) is 44.8 Å². The molecule has 0 spiro atoms. The fourth-order valence-electron chi connectivity index (χ4n) is 4.40. The minimum atomic E-state index is 0.553. The Bertz CT molecular complexity index is 909. The van der Waals surface area contributed by atoms with Crippen LogP contribution in [0.15, 0.2) is 48.7 Å². The molecule has 0 aliphatic carbocycles. The Morgan fingerprint density at radius 2 is 1.81 bits per heavy atom. The molecule has 4 nitrogen and oxygen atoms in total. The molecule has 0 radical (unpaired) electrons. The lowest BCUT2D eigenvalue weighted by Gasteiger charge is -2.48. The number of hydrogen-bond donors (Lipinski definition) is 1. The van der Waals surface area contributed by atoms with Gasteiger partial charge in [0.05, 0.1) is 11.4 Å². The molecule has 5 heterocycles. The molecule has 0 saturated carbocycles. The van der Waals surface area contributed by atoms with E-state index in [2.05, 4.69) is 77.1 Å². The average Bonchev–Trinajstić information content (AvgIpc) is 3.00. The predicted molar refractivity (Wildman–Crippen MR) is 105 cm³/mol. The van der Waals surface area contributed by atoms with Crippen molar-refractivity contribution in [1.82, 2.24) is 19.6 Å². The van der Waals surface area contributed by atoms with Crippen molar-refractivity contribution in [1.29, 1.82) is 0 Å². The molecule has 6 rings (SSSR count). The molecular weight excluding hydrogens is 320 g/mol. The van der Waals surface area contributed by atoms with E-state index in [0.29, 0.717) is 18.0 Å². The summed E-state index contributed by atoms with van der Waals surface area (Å²) in [5.74, 6) is 0.553. The van der Waals surface area contributed by atoms with E-state index in [4.69, 9.17) is 4.98 Å². The van der Waals surface area contributed by atoms with Gasteiger partial charge in [0.25, 0.3) is 0 Å². The lowest BCUT2D eigenvalue weighted by molar-refractivity contribution is 0.0716. The normalized spacial score (nSPS) is 22.7. The summed E-state index contributed by atoms with van der Waals surface area (Å²) in [7, 11) is 0. The van der Waals surface area contributed by atoms with E-state index in [-0.39, 0.29) is 0 Å². The van der Waals surface area contributed by atoms with Gasteiger partial charge in [-0.1, -0.05) is 44.2 Å². The van der Waals surface area contributed by atoms with E-state index in [1.807, 2.05) is 0 Å². The third-order valence-corrected chi connectivity index (χ3v) is 5.85. The van der Waals surface area contributed by atoms with Crippen molar-refractivity contribution < 1.29 is 0 Å². The number of pyridine rings is 1. The Morgan fingerprint density at radius 3 is 2.50 bits per heavy atom. The first-order valence-corrected chi connectivity index (χ1v) is 9.72. The summed E-state index contributed by atoms with van der Waals surface area (Å²) in [6.07, 6.45) is 3.49. The lowest BCUT2D eigenvalue weighted by atomic mass is 9.91. The van der Waals surface area contributed by atoms with Gasteiger partial charge in [-0.05, 0) is 30.0 Å². The second kappa shape index (κ2) is 6.22. The fourth-order valence-corrected chi connectivity index (χ4v) is 4.40. The van der Waals surface area contributed by atoms with Gasteiger partial charge in [0.1, 0.15) is 5.65 Å². The SMILES string of the molecule is CC(C)c1ccc(-c2nc3ccccn3c2CN2CC3CC(C2)N3)cc1. The van der Waals surface area contributed by atoms with E-state index < -0.39 is 0 Å². The first-order valence-electron chi connectivity index (χ1n) is 9.72. The van der Waals surface area contributed by atoms with Gasteiger partial charge in [-0.3, -0.25) is 4.90 Å². The Kier molecular flexibility index (Phi) is 3.84. The van der Waals surface area contributed by atoms with Crippen molar-refractivity contribution in [3.8, 4) is 11.3 Å². The molecule has 3 aromatic rings. The highest BCUT2D eigenvalue weighted by Crippen LogP contribution is 2.29. The van der Waals surface area contributed by atoms with Crippen molar-refractivity contribution in [3.63, 3.8) is 0 Å². The molecule has 4 heteroatoms. The largest absolute Gasteiger partial charge is 0.309 e. The van der Waals surface area contributed by atoms with Gasteiger partial charge >= 0.3 is 0 Å². The fraction of sp³-hybridized carbons (Fsp3) is 0.409. The second-order valence-corrected chi connectivity index (χ2v) is 8.10. The zero-order chi connectivity index (χ0) is 17.7. The highest BCUT2D eigenvalue weighted by atomic mass is 15.3. The van der Waals surface area contributed by atoms with Gasteiger partial charge in [0, 0.05) is 43.5 Å². The Labute approximate surface area is 154 Å². The van der Waals surface area contributed by atoms with Crippen molar-refractivity contribution >= 4 is 5.65 Å². The van der Waals surface area contributed by atoms with Gasteiger partial charge in [0.15, 0.2) is 0 Å². The Balaban J connectivity index is 1.53. The molecule has 1 aromatic carbocycles. The maximum Gasteiger partial charge on any atom is 0.137 e. The Morgan fingerprint density at radius 1 is 1.08 bits per heavy atom. The summed E-state index contributed by atoms with van der Waals surface area (Å²) < 4.78 is 2.26. The van der Waals surface area contributed by atoms with Crippen LogP contribution in [0.5, 0.6) is 0 Å². The van der Waals surface area contributed by atoms with Crippen LogP contribution in [0.1, 0.15) is 37.4 Å². The first kappa shape index (κ1) is 16.0. The molecule has 2 atom stereocenters. The molecule has 1 N–H and O–H groups in total. The molecule has 2 aromatic heterocycles. The average molecular weight is 346 g/mol. The Hall–Kier alpha value is -2.17. The van der Waals surface area contributed by atoms with Gasteiger partial charge in [-0.15, -0.1) is 0 Å². The maximum atomic E-state index is 4.97. The highest BCUT2D eigenvalue weighted by molar-refractivity contribution is 5.67.